The molecular weight excluding hydrogens is 232 g/mol. The van der Waals surface area contributed by atoms with Gasteiger partial charge < -0.3 is 4.98 Å². The second kappa shape index (κ2) is 4.48. The number of hydrogen-bond donors (Lipinski definition) is 1. The van der Waals surface area contributed by atoms with Gasteiger partial charge in [-0.1, -0.05) is 13.3 Å². The molecule has 1 N–H and O–H groups in total. The zero-order chi connectivity index (χ0) is 11.8. The van der Waals surface area contributed by atoms with Crippen LogP contribution in [0.25, 0.3) is 0 Å². The third-order valence-electron chi connectivity index (χ3n) is 4.11. The van der Waals surface area contributed by atoms with Crippen LogP contribution in [0.4, 0.5) is 0 Å². The zero-order valence-corrected chi connectivity index (χ0v) is 11.0. The number of nitrogens with one attached hydrogen (secondary N) is 1. The van der Waals surface area contributed by atoms with Crippen molar-refractivity contribution in [3.63, 3.8) is 0 Å². The highest BCUT2D eigenvalue weighted by Crippen LogP contribution is 2.38. The molecule has 92 valence electrons. The van der Waals surface area contributed by atoms with E-state index in [0.717, 1.165) is 34.5 Å². The number of aromatic nitrogens is 2. The van der Waals surface area contributed by atoms with Crippen LogP contribution >= 0.6 is 11.8 Å². The van der Waals surface area contributed by atoms with E-state index in [9.17, 15) is 4.79 Å². The predicted octanol–water partition coefficient (Wildman–Crippen LogP) is 2.81. The van der Waals surface area contributed by atoms with E-state index >= 15 is 0 Å². The minimum Gasteiger partial charge on any atom is -0.310 e. The standard InChI is InChI=1S/C13H18N2OS/c1-2-8-3-4-9(5-8)12-14-11-7-17-6-10(11)13(16)15-12/h8-9H,2-7H2,1H3,(H,14,15,16). The van der Waals surface area contributed by atoms with E-state index in [2.05, 4.69) is 16.9 Å². The first-order valence-corrected chi connectivity index (χ1v) is 7.63. The smallest absolute Gasteiger partial charge is 0.255 e. The van der Waals surface area contributed by atoms with Crippen molar-refractivity contribution >= 4 is 11.8 Å². The number of thioether (sulfide) groups is 1. The Balaban J connectivity index is 1.90. The summed E-state index contributed by atoms with van der Waals surface area (Å²) < 4.78 is 0. The molecule has 0 bridgehead atoms. The highest BCUT2D eigenvalue weighted by molar-refractivity contribution is 7.98. The van der Waals surface area contributed by atoms with E-state index in [1.54, 1.807) is 11.8 Å². The summed E-state index contributed by atoms with van der Waals surface area (Å²) in [5.41, 5.74) is 2.05. The van der Waals surface area contributed by atoms with Crippen LogP contribution in [0.3, 0.4) is 0 Å². The summed E-state index contributed by atoms with van der Waals surface area (Å²) in [6, 6.07) is 0. The molecular formula is C13H18N2OS. The van der Waals surface area contributed by atoms with Crippen LogP contribution in [-0.2, 0) is 11.5 Å². The van der Waals surface area contributed by atoms with Gasteiger partial charge in [-0.25, -0.2) is 4.98 Å². The first-order valence-electron chi connectivity index (χ1n) is 6.47. The number of hydrogen-bond acceptors (Lipinski definition) is 3. The second-order valence-corrected chi connectivity index (χ2v) is 6.14. The number of rotatable bonds is 2. The fourth-order valence-electron chi connectivity index (χ4n) is 2.97. The van der Waals surface area contributed by atoms with Gasteiger partial charge in [0.1, 0.15) is 5.82 Å². The topological polar surface area (TPSA) is 45.8 Å². The Kier molecular flexibility index (Phi) is 2.99. The van der Waals surface area contributed by atoms with Crippen LogP contribution in [0.2, 0.25) is 0 Å². The molecule has 1 aromatic heterocycles. The Morgan fingerprint density at radius 1 is 1.41 bits per heavy atom. The van der Waals surface area contributed by atoms with Gasteiger partial charge in [-0.05, 0) is 25.2 Å². The molecule has 3 nitrogen and oxygen atoms in total. The highest BCUT2D eigenvalue weighted by Gasteiger charge is 2.28. The second-order valence-electron chi connectivity index (χ2n) is 5.15. The Morgan fingerprint density at radius 3 is 3.06 bits per heavy atom. The molecule has 1 aliphatic carbocycles. The maximum Gasteiger partial charge on any atom is 0.255 e. The van der Waals surface area contributed by atoms with E-state index in [1.165, 1.54) is 25.7 Å². The molecule has 2 aliphatic rings. The lowest BCUT2D eigenvalue weighted by molar-refractivity contribution is 0.516. The molecule has 1 aliphatic heterocycles. The van der Waals surface area contributed by atoms with E-state index in [-0.39, 0.29) is 5.56 Å². The molecule has 1 aromatic rings. The van der Waals surface area contributed by atoms with Crippen molar-refractivity contribution in [2.45, 2.75) is 50.0 Å². The van der Waals surface area contributed by atoms with E-state index < -0.39 is 0 Å². The molecule has 0 spiro atoms. The molecule has 0 aromatic carbocycles. The molecule has 3 rings (SSSR count). The van der Waals surface area contributed by atoms with Gasteiger partial charge in [-0.15, -0.1) is 0 Å². The number of nitrogens with zero attached hydrogens (tertiary/aromatic N) is 1. The van der Waals surface area contributed by atoms with Crippen molar-refractivity contribution in [1.29, 1.82) is 0 Å². The van der Waals surface area contributed by atoms with Crippen LogP contribution in [0.1, 0.15) is 55.6 Å². The average Bonchev–Trinajstić information content (AvgIpc) is 2.97. The van der Waals surface area contributed by atoms with Gasteiger partial charge in [0.15, 0.2) is 0 Å². The normalized spacial score (nSPS) is 27.4. The largest absolute Gasteiger partial charge is 0.310 e. The van der Waals surface area contributed by atoms with Crippen LogP contribution in [-0.4, -0.2) is 9.97 Å². The van der Waals surface area contributed by atoms with Crippen molar-refractivity contribution in [2.24, 2.45) is 5.92 Å². The molecule has 0 amide bonds. The Morgan fingerprint density at radius 2 is 2.29 bits per heavy atom. The van der Waals surface area contributed by atoms with Crippen molar-refractivity contribution in [3.8, 4) is 0 Å². The summed E-state index contributed by atoms with van der Waals surface area (Å²) in [6.07, 6.45) is 4.93. The van der Waals surface area contributed by atoms with Crippen molar-refractivity contribution < 1.29 is 0 Å². The van der Waals surface area contributed by atoms with Gasteiger partial charge in [0.25, 0.3) is 5.56 Å². The molecule has 17 heavy (non-hydrogen) atoms. The first-order chi connectivity index (χ1) is 8.28. The van der Waals surface area contributed by atoms with Crippen molar-refractivity contribution in [1.82, 2.24) is 9.97 Å². The molecule has 2 atom stereocenters. The van der Waals surface area contributed by atoms with Crippen LogP contribution < -0.4 is 5.56 Å². The van der Waals surface area contributed by atoms with Gasteiger partial charge in [-0.2, -0.15) is 11.8 Å². The number of fused-ring (bicyclic) bond motifs is 1. The molecule has 2 unspecified atom stereocenters. The van der Waals surface area contributed by atoms with E-state index in [1.807, 2.05) is 0 Å². The minimum absolute atomic E-state index is 0.106. The molecule has 1 saturated carbocycles. The third kappa shape index (κ3) is 2.03. The summed E-state index contributed by atoms with van der Waals surface area (Å²) >= 11 is 1.79. The average molecular weight is 250 g/mol. The maximum absolute atomic E-state index is 11.9. The van der Waals surface area contributed by atoms with Gasteiger partial charge in [0, 0.05) is 23.0 Å². The van der Waals surface area contributed by atoms with Gasteiger partial charge in [0.2, 0.25) is 0 Å². The van der Waals surface area contributed by atoms with Gasteiger partial charge in [-0.3, -0.25) is 4.79 Å². The van der Waals surface area contributed by atoms with Crippen molar-refractivity contribution in [2.75, 3.05) is 0 Å². The van der Waals surface area contributed by atoms with E-state index in [4.69, 9.17) is 0 Å². The zero-order valence-electron chi connectivity index (χ0n) is 10.2. The highest BCUT2D eigenvalue weighted by atomic mass is 32.2. The summed E-state index contributed by atoms with van der Waals surface area (Å²) in [5.74, 6) is 4.01. The predicted molar refractivity (Wildman–Crippen MR) is 70.2 cm³/mol. The summed E-state index contributed by atoms with van der Waals surface area (Å²) in [4.78, 5) is 19.6. The fraction of sp³-hybridized carbons (Fsp3) is 0.692. The molecule has 1 fully saturated rings. The monoisotopic (exact) mass is 250 g/mol. The Bertz CT molecular complexity index is 483. The number of H-pyrrole nitrogens is 1. The van der Waals surface area contributed by atoms with Crippen LogP contribution in [0.15, 0.2) is 4.79 Å². The first kappa shape index (κ1) is 11.3. The quantitative estimate of drug-likeness (QED) is 0.878. The molecule has 4 heteroatoms. The minimum atomic E-state index is 0.106. The van der Waals surface area contributed by atoms with Crippen LogP contribution in [0, 0.1) is 5.92 Å². The summed E-state index contributed by atoms with van der Waals surface area (Å²) in [7, 11) is 0. The lowest BCUT2D eigenvalue weighted by Gasteiger charge is -2.10. The lowest BCUT2D eigenvalue weighted by atomic mass is 10.0. The lowest BCUT2D eigenvalue weighted by Crippen LogP contribution is -2.18. The molecule has 2 heterocycles. The maximum atomic E-state index is 11.9. The van der Waals surface area contributed by atoms with Crippen molar-refractivity contribution in [3.05, 3.63) is 27.4 Å². The number of aromatic amines is 1. The van der Waals surface area contributed by atoms with Crippen LogP contribution in [0.5, 0.6) is 0 Å². The summed E-state index contributed by atoms with van der Waals surface area (Å²) in [5, 5.41) is 0. The molecule has 0 saturated heterocycles. The Hall–Kier alpha value is -0.770. The Labute approximate surface area is 105 Å². The fourth-order valence-corrected chi connectivity index (χ4v) is 4.01. The molecule has 0 radical (unpaired) electrons. The summed E-state index contributed by atoms with van der Waals surface area (Å²) in [6.45, 7) is 2.25. The SMILES string of the molecule is CCC1CCC(c2nc3c(c(=O)[nH]2)CSC3)C1. The van der Waals surface area contributed by atoms with Gasteiger partial charge in [0.05, 0.1) is 5.69 Å². The van der Waals surface area contributed by atoms with Gasteiger partial charge >= 0.3 is 0 Å². The van der Waals surface area contributed by atoms with E-state index in [0.29, 0.717) is 5.92 Å². The third-order valence-corrected chi connectivity index (χ3v) is 5.08.